The molecule has 2 aromatic rings. The van der Waals surface area contributed by atoms with Crippen molar-refractivity contribution in [3.8, 4) is 0 Å². The molecule has 2 rings (SSSR count). The molecule has 2 nitrogen and oxygen atoms in total. The highest BCUT2D eigenvalue weighted by Crippen LogP contribution is 2.24. The van der Waals surface area contributed by atoms with Gasteiger partial charge >= 0.3 is 0 Å². The Hall–Kier alpha value is -1.12. The molecule has 108 valence electrons. The minimum atomic E-state index is 0.538. The van der Waals surface area contributed by atoms with Gasteiger partial charge in [-0.25, -0.2) is 0 Å². The summed E-state index contributed by atoms with van der Waals surface area (Å²) in [6.07, 6.45) is 6.94. The molecule has 1 heterocycles. The number of fused-ring (bicyclic) bond motifs is 1. The van der Waals surface area contributed by atoms with Crippen LogP contribution >= 0.6 is 11.6 Å². The van der Waals surface area contributed by atoms with Gasteiger partial charge in [-0.15, -0.1) is 0 Å². The van der Waals surface area contributed by atoms with Crippen LogP contribution in [0.15, 0.2) is 30.5 Å². The van der Waals surface area contributed by atoms with E-state index in [2.05, 4.69) is 30.2 Å². The summed E-state index contributed by atoms with van der Waals surface area (Å²) >= 11 is 6.22. The molecule has 3 heteroatoms. The van der Waals surface area contributed by atoms with Crippen molar-refractivity contribution in [1.29, 1.82) is 0 Å². The molecular formula is C17H23ClN2. The first-order valence-corrected chi connectivity index (χ1v) is 7.85. The van der Waals surface area contributed by atoms with Gasteiger partial charge in [-0.2, -0.15) is 0 Å². The third-order valence-corrected chi connectivity index (χ3v) is 4.01. The second-order valence-corrected chi connectivity index (χ2v) is 5.79. The maximum atomic E-state index is 6.22. The fraction of sp³-hybridized carbons (Fsp3) is 0.471. The van der Waals surface area contributed by atoms with Crippen LogP contribution in [0.4, 0.5) is 0 Å². The number of pyridine rings is 1. The van der Waals surface area contributed by atoms with Crippen molar-refractivity contribution in [2.45, 2.75) is 52.1 Å². The van der Waals surface area contributed by atoms with E-state index in [-0.39, 0.29) is 0 Å². The Morgan fingerprint density at radius 1 is 1.25 bits per heavy atom. The predicted octanol–water partition coefficient (Wildman–Crippen LogP) is 4.95. The minimum absolute atomic E-state index is 0.538. The summed E-state index contributed by atoms with van der Waals surface area (Å²) < 4.78 is 0. The number of aromatic nitrogens is 1. The van der Waals surface area contributed by atoms with E-state index in [1.807, 2.05) is 24.4 Å². The van der Waals surface area contributed by atoms with Crippen molar-refractivity contribution in [3.63, 3.8) is 0 Å². The van der Waals surface area contributed by atoms with Gasteiger partial charge in [0.05, 0.1) is 5.52 Å². The largest absolute Gasteiger partial charge is 0.310 e. The average molecular weight is 291 g/mol. The zero-order valence-corrected chi connectivity index (χ0v) is 13.1. The summed E-state index contributed by atoms with van der Waals surface area (Å²) in [6.45, 7) is 5.34. The minimum Gasteiger partial charge on any atom is -0.310 e. The van der Waals surface area contributed by atoms with Gasteiger partial charge in [0, 0.05) is 29.2 Å². The monoisotopic (exact) mass is 290 g/mol. The van der Waals surface area contributed by atoms with E-state index in [1.54, 1.807) is 0 Å². The lowest BCUT2D eigenvalue weighted by Crippen LogP contribution is -2.25. The Morgan fingerprint density at radius 2 is 2.10 bits per heavy atom. The SMILES string of the molecule is CCCCCC(C)NCc1ccc(Cl)c2cccnc12. The third-order valence-electron chi connectivity index (χ3n) is 3.68. The number of rotatable bonds is 7. The Balaban J connectivity index is 2.01. The highest BCUT2D eigenvalue weighted by atomic mass is 35.5. The third kappa shape index (κ3) is 3.94. The Kier molecular flexibility index (Phi) is 5.81. The van der Waals surface area contributed by atoms with Crippen molar-refractivity contribution in [1.82, 2.24) is 10.3 Å². The maximum absolute atomic E-state index is 6.22. The molecule has 20 heavy (non-hydrogen) atoms. The van der Waals surface area contributed by atoms with Gasteiger partial charge < -0.3 is 5.32 Å². The average Bonchev–Trinajstić information content (AvgIpc) is 2.47. The summed E-state index contributed by atoms with van der Waals surface area (Å²) in [5.74, 6) is 0. The smallest absolute Gasteiger partial charge is 0.0761 e. The molecule has 0 aliphatic carbocycles. The van der Waals surface area contributed by atoms with Crippen LogP contribution in [-0.4, -0.2) is 11.0 Å². The Bertz CT molecular complexity index is 554. The highest BCUT2D eigenvalue weighted by Gasteiger charge is 2.07. The molecule has 0 spiro atoms. The van der Waals surface area contributed by atoms with Crippen LogP contribution in [0.3, 0.4) is 0 Å². The molecule has 0 saturated heterocycles. The van der Waals surface area contributed by atoms with Crippen LogP contribution in [0.1, 0.15) is 45.1 Å². The Morgan fingerprint density at radius 3 is 2.90 bits per heavy atom. The zero-order valence-electron chi connectivity index (χ0n) is 12.3. The van der Waals surface area contributed by atoms with Crippen molar-refractivity contribution in [3.05, 3.63) is 41.0 Å². The van der Waals surface area contributed by atoms with Gasteiger partial charge in [0.2, 0.25) is 0 Å². The van der Waals surface area contributed by atoms with E-state index in [0.29, 0.717) is 6.04 Å². The first-order valence-electron chi connectivity index (χ1n) is 7.48. The summed E-state index contributed by atoms with van der Waals surface area (Å²) in [5.41, 5.74) is 2.22. The van der Waals surface area contributed by atoms with Crippen LogP contribution in [0, 0.1) is 0 Å². The first kappa shape index (κ1) is 15.3. The van der Waals surface area contributed by atoms with Crippen molar-refractivity contribution in [2.24, 2.45) is 0 Å². The first-order chi connectivity index (χ1) is 9.72. The summed E-state index contributed by atoms with van der Waals surface area (Å²) in [6, 6.07) is 8.53. The normalized spacial score (nSPS) is 12.8. The van der Waals surface area contributed by atoms with Gasteiger partial charge in [0.1, 0.15) is 0 Å². The molecule has 0 bridgehead atoms. The van der Waals surface area contributed by atoms with E-state index in [0.717, 1.165) is 22.5 Å². The number of nitrogens with one attached hydrogen (secondary N) is 1. The predicted molar refractivity (Wildman–Crippen MR) is 87.2 cm³/mol. The molecule has 1 N–H and O–H groups in total. The topological polar surface area (TPSA) is 24.9 Å². The van der Waals surface area contributed by atoms with Crippen LogP contribution in [0.25, 0.3) is 10.9 Å². The van der Waals surface area contributed by atoms with Crippen LogP contribution < -0.4 is 5.32 Å². The molecule has 0 fully saturated rings. The van der Waals surface area contributed by atoms with Crippen molar-refractivity contribution in [2.75, 3.05) is 0 Å². The van der Waals surface area contributed by atoms with Crippen LogP contribution in [0.2, 0.25) is 5.02 Å². The number of hydrogen-bond acceptors (Lipinski definition) is 2. The van der Waals surface area contributed by atoms with Crippen molar-refractivity contribution < 1.29 is 0 Å². The van der Waals surface area contributed by atoms with E-state index >= 15 is 0 Å². The summed E-state index contributed by atoms with van der Waals surface area (Å²) in [7, 11) is 0. The second-order valence-electron chi connectivity index (χ2n) is 5.38. The van der Waals surface area contributed by atoms with Crippen LogP contribution in [0.5, 0.6) is 0 Å². The van der Waals surface area contributed by atoms with Crippen LogP contribution in [-0.2, 0) is 6.54 Å². The Labute approximate surface area is 126 Å². The van der Waals surface area contributed by atoms with Gasteiger partial charge in [-0.3, -0.25) is 4.98 Å². The van der Waals surface area contributed by atoms with E-state index in [4.69, 9.17) is 11.6 Å². The number of benzene rings is 1. The molecular weight excluding hydrogens is 268 g/mol. The highest BCUT2D eigenvalue weighted by molar-refractivity contribution is 6.35. The molecule has 0 saturated carbocycles. The fourth-order valence-electron chi connectivity index (χ4n) is 2.43. The lowest BCUT2D eigenvalue weighted by Gasteiger charge is -2.14. The number of halogens is 1. The van der Waals surface area contributed by atoms with E-state index in [1.165, 1.54) is 31.2 Å². The standard InChI is InChI=1S/C17H23ClN2/c1-3-4-5-7-13(2)20-12-14-9-10-16(18)15-8-6-11-19-17(14)15/h6,8-11,13,20H,3-5,7,12H2,1-2H3. The number of nitrogens with zero attached hydrogens (tertiary/aromatic N) is 1. The van der Waals surface area contributed by atoms with Gasteiger partial charge in [0.25, 0.3) is 0 Å². The molecule has 1 aromatic heterocycles. The molecule has 0 radical (unpaired) electrons. The summed E-state index contributed by atoms with van der Waals surface area (Å²) in [5, 5.41) is 5.39. The molecule has 1 unspecified atom stereocenters. The number of hydrogen-bond donors (Lipinski definition) is 1. The second kappa shape index (κ2) is 7.61. The lowest BCUT2D eigenvalue weighted by molar-refractivity contribution is 0.488. The molecule has 0 aliphatic heterocycles. The molecule has 1 aromatic carbocycles. The quantitative estimate of drug-likeness (QED) is 0.730. The van der Waals surface area contributed by atoms with Gasteiger partial charge in [-0.05, 0) is 37.1 Å². The maximum Gasteiger partial charge on any atom is 0.0761 e. The fourth-order valence-corrected chi connectivity index (χ4v) is 2.64. The zero-order chi connectivity index (χ0) is 14.4. The number of unbranched alkanes of at least 4 members (excludes halogenated alkanes) is 2. The van der Waals surface area contributed by atoms with Gasteiger partial charge in [-0.1, -0.05) is 43.9 Å². The van der Waals surface area contributed by atoms with Crippen molar-refractivity contribution >= 4 is 22.5 Å². The molecule has 0 aliphatic rings. The van der Waals surface area contributed by atoms with Gasteiger partial charge in [0.15, 0.2) is 0 Å². The van der Waals surface area contributed by atoms with E-state index < -0.39 is 0 Å². The van der Waals surface area contributed by atoms with E-state index in [9.17, 15) is 0 Å². The lowest BCUT2D eigenvalue weighted by atomic mass is 10.1. The summed E-state index contributed by atoms with van der Waals surface area (Å²) in [4.78, 5) is 4.47. The molecule has 1 atom stereocenters. The molecule has 0 amide bonds.